The van der Waals surface area contributed by atoms with Crippen molar-refractivity contribution in [1.29, 1.82) is 0 Å². The van der Waals surface area contributed by atoms with Crippen molar-refractivity contribution in [1.82, 2.24) is 10.3 Å². The van der Waals surface area contributed by atoms with Crippen molar-refractivity contribution in [2.45, 2.75) is 12.8 Å². The van der Waals surface area contributed by atoms with Gasteiger partial charge in [0.25, 0.3) is 0 Å². The average Bonchev–Trinajstić information content (AvgIpc) is 2.64. The van der Waals surface area contributed by atoms with Crippen LogP contribution in [0.15, 0.2) is 36.8 Å². The van der Waals surface area contributed by atoms with Crippen LogP contribution in [0, 0.1) is 0 Å². The van der Waals surface area contributed by atoms with Crippen LogP contribution in [0.1, 0.15) is 12.8 Å². The van der Waals surface area contributed by atoms with Gasteiger partial charge in [0.15, 0.2) is 0 Å². The molecule has 0 amide bonds. The zero-order valence-corrected chi connectivity index (χ0v) is 6.59. The van der Waals surface area contributed by atoms with Gasteiger partial charge in [-0.05, 0) is 31.2 Å². The molecule has 60 valence electrons. The van der Waals surface area contributed by atoms with Gasteiger partial charge in [-0.25, -0.2) is 0 Å². The third-order valence-electron chi connectivity index (χ3n) is 1.42. The first-order valence-electron chi connectivity index (χ1n) is 3.96. The molecule has 1 aliphatic rings. The molecule has 1 aliphatic heterocycles. The van der Waals surface area contributed by atoms with Crippen LogP contribution in [0.2, 0.25) is 0 Å². The Kier molecular flexibility index (Phi) is 4.03. The van der Waals surface area contributed by atoms with E-state index in [9.17, 15) is 0 Å². The van der Waals surface area contributed by atoms with Gasteiger partial charge in [0.05, 0.1) is 0 Å². The minimum atomic E-state index is 1.16. The smallest absolute Gasteiger partial charge is 0.0144 e. The maximum atomic E-state index is 3.10. The molecule has 0 fully saturated rings. The molecule has 2 rings (SSSR count). The lowest BCUT2D eigenvalue weighted by atomic mass is 10.2. The first-order valence-corrected chi connectivity index (χ1v) is 3.96. The molecule has 11 heavy (non-hydrogen) atoms. The highest BCUT2D eigenvalue weighted by molar-refractivity contribution is 4.85. The Labute approximate surface area is 67.3 Å². The number of hydrogen-bond acceptors (Lipinski definition) is 1. The average molecular weight is 150 g/mol. The van der Waals surface area contributed by atoms with Crippen LogP contribution in [0.4, 0.5) is 0 Å². The van der Waals surface area contributed by atoms with Crippen LogP contribution >= 0.6 is 0 Å². The van der Waals surface area contributed by atoms with Crippen molar-refractivity contribution in [2.24, 2.45) is 0 Å². The number of H-pyrrole nitrogens is 1. The molecule has 0 aromatic carbocycles. The van der Waals surface area contributed by atoms with Gasteiger partial charge >= 0.3 is 0 Å². The molecular weight excluding hydrogens is 136 g/mol. The molecule has 0 unspecified atom stereocenters. The highest BCUT2D eigenvalue weighted by Gasteiger charge is 1.84. The Morgan fingerprint density at radius 2 is 1.91 bits per heavy atom. The van der Waals surface area contributed by atoms with E-state index in [2.05, 4.69) is 16.4 Å². The first-order chi connectivity index (χ1) is 5.50. The molecular formula is C9H14N2. The Balaban J connectivity index is 0.000000112. The fourth-order valence-electron chi connectivity index (χ4n) is 0.850. The van der Waals surface area contributed by atoms with Gasteiger partial charge in [0.1, 0.15) is 0 Å². The van der Waals surface area contributed by atoms with Gasteiger partial charge in [0, 0.05) is 18.9 Å². The molecule has 2 heterocycles. The Hall–Kier alpha value is -1.18. The van der Waals surface area contributed by atoms with Gasteiger partial charge in [-0.15, -0.1) is 0 Å². The second-order valence-corrected chi connectivity index (χ2v) is 2.38. The quantitative estimate of drug-likeness (QED) is 0.580. The van der Waals surface area contributed by atoms with Gasteiger partial charge in [-0.2, -0.15) is 0 Å². The first kappa shape index (κ1) is 7.92. The minimum absolute atomic E-state index is 1.16. The summed E-state index contributed by atoms with van der Waals surface area (Å²) in [5.74, 6) is 0. The number of rotatable bonds is 0. The Morgan fingerprint density at radius 1 is 1.09 bits per heavy atom. The second-order valence-electron chi connectivity index (χ2n) is 2.38. The highest BCUT2D eigenvalue weighted by atomic mass is 14.8. The largest absolute Gasteiger partial charge is 0.391 e. The molecule has 0 aliphatic carbocycles. The zero-order valence-electron chi connectivity index (χ0n) is 6.59. The van der Waals surface area contributed by atoms with Crippen LogP contribution in [0.25, 0.3) is 0 Å². The van der Waals surface area contributed by atoms with Crippen molar-refractivity contribution in [2.75, 3.05) is 6.54 Å². The van der Waals surface area contributed by atoms with E-state index >= 15 is 0 Å². The van der Waals surface area contributed by atoms with E-state index in [1.54, 1.807) is 0 Å². The Bertz CT molecular complexity index is 152. The number of nitrogens with one attached hydrogen (secondary N) is 2. The molecule has 2 heteroatoms. The number of aromatic amines is 1. The summed E-state index contributed by atoms with van der Waals surface area (Å²) in [5, 5.41) is 3.10. The lowest BCUT2D eigenvalue weighted by molar-refractivity contribution is 0.728. The van der Waals surface area contributed by atoms with E-state index in [-0.39, 0.29) is 0 Å². The predicted molar refractivity (Wildman–Crippen MR) is 47.2 cm³/mol. The summed E-state index contributed by atoms with van der Waals surface area (Å²) in [6.45, 7) is 1.16. The standard InChI is InChI=1S/C5H9N.C4H5N/c1-2-4-6-5-3-1;1-2-4-5-3-1/h2,4,6H,1,3,5H2;1-5H. The van der Waals surface area contributed by atoms with Crippen molar-refractivity contribution < 1.29 is 0 Å². The van der Waals surface area contributed by atoms with Crippen molar-refractivity contribution >= 4 is 0 Å². The van der Waals surface area contributed by atoms with Crippen LogP contribution < -0.4 is 5.32 Å². The molecule has 2 N–H and O–H groups in total. The maximum Gasteiger partial charge on any atom is 0.0144 e. The predicted octanol–water partition coefficient (Wildman–Crippen LogP) is 1.90. The molecule has 0 atom stereocenters. The summed E-state index contributed by atoms with van der Waals surface area (Å²) in [4.78, 5) is 2.86. The fraction of sp³-hybridized carbons (Fsp3) is 0.333. The summed E-state index contributed by atoms with van der Waals surface area (Å²) in [5.41, 5.74) is 0. The fourth-order valence-corrected chi connectivity index (χ4v) is 0.850. The van der Waals surface area contributed by atoms with Crippen LogP contribution in [-0.2, 0) is 0 Å². The summed E-state index contributed by atoms with van der Waals surface area (Å²) in [6.07, 6.45) is 10.5. The van der Waals surface area contributed by atoms with Gasteiger partial charge in [0.2, 0.25) is 0 Å². The number of hydrogen-bond donors (Lipinski definition) is 2. The maximum absolute atomic E-state index is 3.10. The third kappa shape index (κ3) is 4.25. The molecule has 0 radical (unpaired) electrons. The lowest BCUT2D eigenvalue weighted by Gasteiger charge is -2.02. The lowest BCUT2D eigenvalue weighted by Crippen LogP contribution is -2.09. The number of allylic oxidation sites excluding steroid dienone is 1. The normalized spacial score (nSPS) is 14.5. The van der Waals surface area contributed by atoms with Crippen LogP contribution in [-0.4, -0.2) is 11.5 Å². The topological polar surface area (TPSA) is 27.8 Å². The van der Waals surface area contributed by atoms with E-state index in [1.807, 2.05) is 30.7 Å². The molecule has 0 saturated heterocycles. The molecule has 0 spiro atoms. The highest BCUT2D eigenvalue weighted by Crippen LogP contribution is 1.91. The van der Waals surface area contributed by atoms with E-state index in [0.717, 1.165) is 6.54 Å². The van der Waals surface area contributed by atoms with E-state index in [1.165, 1.54) is 12.8 Å². The van der Waals surface area contributed by atoms with E-state index in [4.69, 9.17) is 0 Å². The number of aromatic nitrogens is 1. The van der Waals surface area contributed by atoms with Gasteiger partial charge < -0.3 is 10.3 Å². The Morgan fingerprint density at radius 3 is 2.09 bits per heavy atom. The van der Waals surface area contributed by atoms with Gasteiger partial charge in [-0.1, -0.05) is 6.08 Å². The third-order valence-corrected chi connectivity index (χ3v) is 1.42. The molecule has 1 aromatic heterocycles. The van der Waals surface area contributed by atoms with Crippen molar-refractivity contribution in [3.8, 4) is 0 Å². The van der Waals surface area contributed by atoms with Crippen LogP contribution in [0.5, 0.6) is 0 Å². The van der Waals surface area contributed by atoms with Crippen LogP contribution in [0.3, 0.4) is 0 Å². The summed E-state index contributed by atoms with van der Waals surface area (Å²) < 4.78 is 0. The zero-order chi connectivity index (χ0) is 7.78. The second kappa shape index (κ2) is 5.59. The summed E-state index contributed by atoms with van der Waals surface area (Å²) in [7, 11) is 0. The van der Waals surface area contributed by atoms with Crippen molar-refractivity contribution in [3.63, 3.8) is 0 Å². The monoisotopic (exact) mass is 150 g/mol. The molecule has 2 nitrogen and oxygen atoms in total. The van der Waals surface area contributed by atoms with E-state index in [0.29, 0.717) is 0 Å². The molecule has 0 bridgehead atoms. The molecule has 0 saturated carbocycles. The molecule has 1 aromatic rings. The minimum Gasteiger partial charge on any atom is -0.391 e. The van der Waals surface area contributed by atoms with Gasteiger partial charge in [-0.3, -0.25) is 0 Å². The van der Waals surface area contributed by atoms with Crippen molar-refractivity contribution in [3.05, 3.63) is 36.8 Å². The summed E-state index contributed by atoms with van der Waals surface area (Å²) in [6, 6.07) is 3.89. The summed E-state index contributed by atoms with van der Waals surface area (Å²) >= 11 is 0. The van der Waals surface area contributed by atoms with E-state index < -0.39 is 0 Å². The SMILES string of the molecule is C1=CNCCC1.c1cc[nH]c1.